The molecule has 0 amide bonds. The molecule has 1 aliphatic heterocycles. The first-order chi connectivity index (χ1) is 10.4. The minimum absolute atomic E-state index is 0.0180. The van der Waals surface area contributed by atoms with Crippen LogP contribution in [-0.2, 0) is 19.1 Å². The number of aliphatic hydroxyl groups excluding tert-OH is 2. The Balaban J connectivity index is 2.43. The Morgan fingerprint density at radius 3 is 2.77 bits per heavy atom. The normalized spacial score (nSPS) is 32.5. The van der Waals surface area contributed by atoms with E-state index in [1.807, 2.05) is 6.92 Å². The average Bonchev–Trinajstić information content (AvgIpc) is 2.75. The van der Waals surface area contributed by atoms with Crippen molar-refractivity contribution >= 4 is 11.9 Å². The summed E-state index contributed by atoms with van der Waals surface area (Å²) in [5.41, 5.74) is 1.03. The summed E-state index contributed by atoms with van der Waals surface area (Å²) in [6.45, 7) is 5.51. The first kappa shape index (κ1) is 16.5. The Hall–Kier alpha value is -1.92. The number of aliphatic hydroxyl groups is 2. The number of ether oxygens (including phenoxy) is 2. The second kappa shape index (κ2) is 6.46. The van der Waals surface area contributed by atoms with Gasteiger partial charge in [0.05, 0.1) is 24.7 Å². The van der Waals surface area contributed by atoms with Gasteiger partial charge in [0.25, 0.3) is 0 Å². The Morgan fingerprint density at radius 1 is 1.45 bits per heavy atom. The van der Waals surface area contributed by atoms with Crippen LogP contribution in [0.1, 0.15) is 19.8 Å². The molecule has 0 radical (unpaired) electrons. The van der Waals surface area contributed by atoms with Crippen molar-refractivity contribution in [3.05, 3.63) is 35.5 Å². The minimum Gasteiger partial charge on any atom is -0.466 e. The van der Waals surface area contributed by atoms with Gasteiger partial charge in [-0.15, -0.1) is 0 Å². The van der Waals surface area contributed by atoms with E-state index in [1.165, 1.54) is 7.11 Å². The van der Waals surface area contributed by atoms with Crippen molar-refractivity contribution in [1.82, 2.24) is 0 Å². The molecule has 2 aliphatic rings. The zero-order valence-corrected chi connectivity index (χ0v) is 12.6. The topological polar surface area (TPSA) is 93.1 Å². The lowest BCUT2D eigenvalue weighted by Gasteiger charge is -2.27. The van der Waals surface area contributed by atoms with Crippen molar-refractivity contribution < 1.29 is 29.3 Å². The van der Waals surface area contributed by atoms with Crippen LogP contribution in [0, 0.1) is 5.92 Å². The predicted molar refractivity (Wildman–Crippen MR) is 77.6 cm³/mol. The first-order valence-corrected chi connectivity index (χ1v) is 7.08. The van der Waals surface area contributed by atoms with Crippen LogP contribution in [0.5, 0.6) is 0 Å². The van der Waals surface area contributed by atoms with E-state index in [1.54, 1.807) is 12.2 Å². The summed E-state index contributed by atoms with van der Waals surface area (Å²) in [6.07, 6.45) is 0.890. The van der Waals surface area contributed by atoms with Crippen LogP contribution in [0.3, 0.4) is 0 Å². The fraction of sp³-hybridized carbons (Fsp3) is 0.500. The number of carbonyl (C=O) groups is 2. The SMILES string of the molecule is C=C1C(=O)OC2C=C(C)CCC=C(C(=O)OC)C(O)C(O)C12. The summed E-state index contributed by atoms with van der Waals surface area (Å²) < 4.78 is 9.85. The van der Waals surface area contributed by atoms with Crippen molar-refractivity contribution in [1.29, 1.82) is 0 Å². The fourth-order valence-electron chi connectivity index (χ4n) is 2.79. The highest BCUT2D eigenvalue weighted by Crippen LogP contribution is 2.34. The van der Waals surface area contributed by atoms with Crippen LogP contribution >= 0.6 is 0 Å². The average molecular weight is 308 g/mol. The van der Waals surface area contributed by atoms with Crippen LogP contribution < -0.4 is 0 Å². The van der Waals surface area contributed by atoms with Crippen LogP contribution in [0.25, 0.3) is 0 Å². The summed E-state index contributed by atoms with van der Waals surface area (Å²) in [5, 5.41) is 20.8. The molecule has 4 unspecified atom stereocenters. The van der Waals surface area contributed by atoms with Gasteiger partial charge in [0.15, 0.2) is 0 Å². The third kappa shape index (κ3) is 2.98. The van der Waals surface area contributed by atoms with Gasteiger partial charge in [-0.2, -0.15) is 0 Å². The van der Waals surface area contributed by atoms with E-state index in [0.717, 1.165) is 5.57 Å². The third-order valence-electron chi connectivity index (χ3n) is 4.04. The maximum absolute atomic E-state index is 11.8. The Morgan fingerprint density at radius 2 is 2.14 bits per heavy atom. The Bertz CT molecular complexity index is 559. The van der Waals surface area contributed by atoms with E-state index in [2.05, 4.69) is 11.3 Å². The Kier molecular flexibility index (Phi) is 4.83. The van der Waals surface area contributed by atoms with E-state index in [9.17, 15) is 19.8 Å². The number of carbonyl (C=O) groups excluding carboxylic acids is 2. The van der Waals surface area contributed by atoms with Crippen molar-refractivity contribution in [2.75, 3.05) is 7.11 Å². The summed E-state index contributed by atoms with van der Waals surface area (Å²) >= 11 is 0. The van der Waals surface area contributed by atoms with Gasteiger partial charge < -0.3 is 19.7 Å². The van der Waals surface area contributed by atoms with Gasteiger partial charge in [-0.3, -0.25) is 0 Å². The second-order valence-corrected chi connectivity index (χ2v) is 5.56. The lowest BCUT2D eigenvalue weighted by molar-refractivity contribution is -0.140. The van der Waals surface area contributed by atoms with Crippen LogP contribution in [-0.4, -0.2) is 47.6 Å². The molecule has 6 nitrogen and oxygen atoms in total. The molecule has 0 aromatic rings. The molecule has 1 fully saturated rings. The van der Waals surface area contributed by atoms with Crippen molar-refractivity contribution in [3.8, 4) is 0 Å². The standard InChI is InChI=1S/C16H20O6/c1-8-5-4-6-10(16(20)21-3)13(17)14(18)12-9(2)15(19)22-11(12)7-8/h6-7,11-14,17-18H,2,4-5H2,1,3H3. The van der Waals surface area contributed by atoms with Crippen LogP contribution in [0.2, 0.25) is 0 Å². The number of methoxy groups -OCH3 is 1. The molecule has 4 atom stereocenters. The molecule has 0 bridgehead atoms. The van der Waals surface area contributed by atoms with E-state index < -0.39 is 36.2 Å². The number of fused-ring (bicyclic) bond motifs is 1. The van der Waals surface area contributed by atoms with Gasteiger partial charge in [0, 0.05) is 5.57 Å². The molecule has 22 heavy (non-hydrogen) atoms. The number of hydrogen-bond donors (Lipinski definition) is 2. The van der Waals surface area contributed by atoms with Gasteiger partial charge in [0.1, 0.15) is 12.2 Å². The number of hydrogen-bond acceptors (Lipinski definition) is 6. The molecule has 0 aromatic heterocycles. The fourth-order valence-corrected chi connectivity index (χ4v) is 2.79. The van der Waals surface area contributed by atoms with Crippen LogP contribution in [0.4, 0.5) is 0 Å². The summed E-state index contributed by atoms with van der Waals surface area (Å²) in [4.78, 5) is 23.5. The van der Waals surface area contributed by atoms with Gasteiger partial charge in [-0.25, -0.2) is 9.59 Å². The largest absolute Gasteiger partial charge is 0.466 e. The van der Waals surface area contributed by atoms with Gasteiger partial charge in [0.2, 0.25) is 0 Å². The molecule has 0 spiro atoms. The third-order valence-corrected chi connectivity index (χ3v) is 4.04. The summed E-state index contributed by atoms with van der Waals surface area (Å²) in [6, 6.07) is 0. The first-order valence-electron chi connectivity index (χ1n) is 7.08. The zero-order valence-electron chi connectivity index (χ0n) is 12.6. The second-order valence-electron chi connectivity index (χ2n) is 5.56. The van der Waals surface area contributed by atoms with E-state index in [4.69, 9.17) is 4.74 Å². The molecule has 1 heterocycles. The van der Waals surface area contributed by atoms with Gasteiger partial charge in [-0.1, -0.05) is 18.2 Å². The monoisotopic (exact) mass is 308 g/mol. The molecule has 0 saturated carbocycles. The van der Waals surface area contributed by atoms with E-state index in [-0.39, 0.29) is 11.1 Å². The van der Waals surface area contributed by atoms with Crippen LogP contribution in [0.15, 0.2) is 35.5 Å². The molecule has 2 rings (SSSR count). The van der Waals surface area contributed by atoms with Gasteiger partial charge >= 0.3 is 11.9 Å². The molecule has 6 heteroatoms. The lowest BCUT2D eigenvalue weighted by Crippen LogP contribution is -2.41. The number of esters is 2. The minimum atomic E-state index is -1.47. The van der Waals surface area contributed by atoms with Crippen molar-refractivity contribution in [3.63, 3.8) is 0 Å². The molecule has 1 aliphatic carbocycles. The quantitative estimate of drug-likeness (QED) is 0.420. The molecule has 120 valence electrons. The summed E-state index contributed by atoms with van der Waals surface area (Å²) in [7, 11) is 1.20. The highest BCUT2D eigenvalue weighted by Gasteiger charge is 2.45. The van der Waals surface area contributed by atoms with E-state index >= 15 is 0 Å². The Labute approximate surface area is 128 Å². The van der Waals surface area contributed by atoms with E-state index in [0.29, 0.717) is 12.8 Å². The highest BCUT2D eigenvalue weighted by molar-refractivity contribution is 5.92. The van der Waals surface area contributed by atoms with Gasteiger partial charge in [-0.05, 0) is 25.8 Å². The molecular weight excluding hydrogens is 288 g/mol. The zero-order chi connectivity index (χ0) is 16.4. The summed E-state index contributed by atoms with van der Waals surface area (Å²) in [5.74, 6) is -2.11. The smallest absolute Gasteiger partial charge is 0.336 e. The maximum Gasteiger partial charge on any atom is 0.336 e. The number of allylic oxidation sites excluding steroid dienone is 2. The lowest BCUT2D eigenvalue weighted by atomic mass is 9.84. The number of rotatable bonds is 1. The predicted octanol–water partition coefficient (Wildman–Crippen LogP) is 0.645. The van der Waals surface area contributed by atoms with Crippen molar-refractivity contribution in [2.45, 2.75) is 38.1 Å². The molecular formula is C16H20O6. The maximum atomic E-state index is 11.8. The highest BCUT2D eigenvalue weighted by atomic mass is 16.6. The molecule has 0 aromatic carbocycles. The van der Waals surface area contributed by atoms with Crippen molar-refractivity contribution in [2.24, 2.45) is 5.92 Å². The molecule has 2 N–H and O–H groups in total. The molecule has 1 saturated heterocycles.